The van der Waals surface area contributed by atoms with Gasteiger partial charge >= 0.3 is 5.97 Å². The number of Topliss-reactive ketones (excluding diaryl/α,β-unsaturated/α-hetero) is 1. The lowest BCUT2D eigenvalue weighted by molar-refractivity contribution is -0.231. The summed E-state index contributed by atoms with van der Waals surface area (Å²) in [6.07, 6.45) is -2.42. The predicted molar refractivity (Wildman–Crippen MR) is 110 cm³/mol. The fraction of sp³-hybridized carbons (Fsp3) is 0.708. The highest BCUT2D eigenvalue weighted by molar-refractivity contribution is 6.04. The fourth-order valence-electron chi connectivity index (χ4n) is 7.83. The Hall–Kier alpha value is -2.00. The first-order chi connectivity index (χ1) is 15.2. The summed E-state index contributed by atoms with van der Waals surface area (Å²) in [6.45, 7) is 4.73. The minimum Gasteiger partial charge on any atom is -0.450 e. The van der Waals surface area contributed by atoms with Crippen LogP contribution >= 0.6 is 0 Å². The third-order valence-electron chi connectivity index (χ3n) is 9.11. The number of fused-ring (bicyclic) bond motifs is 5. The molecule has 0 heterocycles. The highest BCUT2D eigenvalue weighted by Crippen LogP contribution is 2.72. The monoisotopic (exact) mass is 470 g/mol. The zero-order chi connectivity index (χ0) is 24.7. The molecule has 0 aromatic heterocycles. The van der Waals surface area contributed by atoms with E-state index in [2.05, 4.69) is 0 Å². The number of carbonyl (C=O) groups excluding carboxylic acids is 3. The molecule has 3 fully saturated rings. The second-order valence-electron chi connectivity index (χ2n) is 10.5. The van der Waals surface area contributed by atoms with Crippen molar-refractivity contribution < 1.29 is 42.5 Å². The number of aliphatic hydroxyl groups excluding tert-OH is 2. The average molecular weight is 470 g/mol. The lowest BCUT2D eigenvalue weighted by atomic mass is 9.44. The first kappa shape index (κ1) is 24.1. The van der Waals surface area contributed by atoms with E-state index in [0.717, 1.165) is 19.1 Å². The van der Waals surface area contributed by atoms with Gasteiger partial charge < -0.3 is 14.9 Å². The Balaban J connectivity index is 1.91. The van der Waals surface area contributed by atoms with Gasteiger partial charge in [0.15, 0.2) is 17.1 Å². The van der Waals surface area contributed by atoms with Gasteiger partial charge in [-0.1, -0.05) is 19.9 Å². The summed E-state index contributed by atoms with van der Waals surface area (Å²) in [4.78, 5) is 36.9. The second-order valence-corrected chi connectivity index (χ2v) is 10.5. The van der Waals surface area contributed by atoms with Crippen molar-refractivity contribution in [2.45, 2.75) is 70.5 Å². The van der Waals surface area contributed by atoms with Crippen molar-refractivity contribution in [2.75, 3.05) is 6.61 Å². The Kier molecular flexibility index (Phi) is 5.30. The van der Waals surface area contributed by atoms with Gasteiger partial charge in [-0.25, -0.2) is 13.2 Å². The van der Waals surface area contributed by atoms with Crippen molar-refractivity contribution in [1.82, 2.24) is 0 Å². The number of halogens is 3. The van der Waals surface area contributed by atoms with Crippen LogP contribution in [0, 0.1) is 28.6 Å². The van der Waals surface area contributed by atoms with E-state index in [4.69, 9.17) is 4.74 Å². The van der Waals surface area contributed by atoms with Gasteiger partial charge in [-0.3, -0.25) is 14.4 Å². The quantitative estimate of drug-likeness (QED) is 0.616. The fourth-order valence-corrected chi connectivity index (χ4v) is 7.83. The Morgan fingerprint density at radius 1 is 1.24 bits per heavy atom. The first-order valence-electron chi connectivity index (χ1n) is 11.2. The molecule has 4 aliphatic rings. The lowest BCUT2D eigenvalue weighted by Crippen LogP contribution is -2.71. The molecule has 4 aliphatic carbocycles. The van der Waals surface area contributed by atoms with Gasteiger partial charge in [0.2, 0.25) is 11.6 Å². The van der Waals surface area contributed by atoms with Gasteiger partial charge in [0.25, 0.3) is 0 Å². The number of alkyl halides is 2. The predicted octanol–water partition coefficient (Wildman–Crippen LogP) is 2.71. The average Bonchev–Trinajstić information content (AvgIpc) is 2.94. The zero-order valence-corrected chi connectivity index (χ0v) is 19.0. The van der Waals surface area contributed by atoms with Gasteiger partial charge in [0.05, 0.1) is 6.10 Å². The van der Waals surface area contributed by atoms with Crippen LogP contribution in [0.1, 0.15) is 47.0 Å². The highest BCUT2D eigenvalue weighted by Gasteiger charge is 2.78. The van der Waals surface area contributed by atoms with Crippen LogP contribution in [0.5, 0.6) is 0 Å². The number of hydrogen-bond donors (Lipinski definition) is 2. The maximum Gasteiger partial charge on any atom is 0.303 e. The van der Waals surface area contributed by atoms with Gasteiger partial charge in [-0.15, -0.1) is 0 Å². The molecule has 2 N–H and O–H groups in total. The molecule has 0 aliphatic heterocycles. The van der Waals surface area contributed by atoms with E-state index in [1.165, 1.54) is 6.92 Å². The summed E-state index contributed by atoms with van der Waals surface area (Å²) in [6, 6.07) is 0. The van der Waals surface area contributed by atoms with Crippen LogP contribution in [0.4, 0.5) is 13.2 Å². The van der Waals surface area contributed by atoms with Crippen molar-refractivity contribution in [3.8, 4) is 0 Å². The van der Waals surface area contributed by atoms with Crippen LogP contribution < -0.4 is 0 Å². The normalized spacial score (nSPS) is 48.8. The Morgan fingerprint density at radius 3 is 2.45 bits per heavy atom. The summed E-state index contributed by atoms with van der Waals surface area (Å²) < 4.78 is 52.9. The molecule has 6 nitrogen and oxygen atoms in total. The summed E-state index contributed by atoms with van der Waals surface area (Å²) >= 11 is 0. The molecule has 9 atom stereocenters. The number of allylic oxidation sites excluding steroid dienone is 4. The topological polar surface area (TPSA) is 101 Å². The van der Waals surface area contributed by atoms with E-state index < -0.39 is 94.1 Å². The van der Waals surface area contributed by atoms with Crippen molar-refractivity contribution >= 4 is 17.5 Å². The maximum atomic E-state index is 17.1. The van der Waals surface area contributed by atoms with Gasteiger partial charge in [0, 0.05) is 35.2 Å². The van der Waals surface area contributed by atoms with Crippen molar-refractivity contribution in [1.29, 1.82) is 0 Å². The van der Waals surface area contributed by atoms with E-state index in [1.807, 2.05) is 0 Å². The number of hydrogen-bond acceptors (Lipinski definition) is 6. The molecule has 33 heavy (non-hydrogen) atoms. The number of rotatable bonds is 3. The van der Waals surface area contributed by atoms with Gasteiger partial charge in [-0.05, 0) is 38.2 Å². The van der Waals surface area contributed by atoms with Crippen LogP contribution in [0.15, 0.2) is 23.6 Å². The van der Waals surface area contributed by atoms with Gasteiger partial charge in [-0.2, -0.15) is 0 Å². The largest absolute Gasteiger partial charge is 0.450 e. The van der Waals surface area contributed by atoms with E-state index in [9.17, 15) is 29.0 Å². The Labute approximate surface area is 189 Å². The number of esters is 1. The molecule has 4 rings (SSSR count). The zero-order valence-electron chi connectivity index (χ0n) is 19.0. The van der Waals surface area contributed by atoms with E-state index in [-0.39, 0.29) is 12.8 Å². The molecular weight excluding hydrogens is 441 g/mol. The van der Waals surface area contributed by atoms with Crippen molar-refractivity contribution in [3.63, 3.8) is 0 Å². The molecule has 0 saturated heterocycles. The number of aliphatic hydroxyl groups is 2. The minimum atomic E-state index is -2.53. The lowest BCUT2D eigenvalue weighted by Gasteiger charge is -2.63. The molecule has 9 heteroatoms. The van der Waals surface area contributed by atoms with Crippen molar-refractivity contribution in [2.24, 2.45) is 28.6 Å². The van der Waals surface area contributed by atoms with Crippen LogP contribution in [-0.4, -0.2) is 57.9 Å². The summed E-state index contributed by atoms with van der Waals surface area (Å²) in [5.74, 6) is -6.44. The molecule has 0 unspecified atom stereocenters. The maximum absolute atomic E-state index is 17.1. The number of ether oxygens (including phenoxy) is 1. The van der Waals surface area contributed by atoms with Crippen LogP contribution in [0.25, 0.3) is 0 Å². The van der Waals surface area contributed by atoms with E-state index >= 15 is 8.78 Å². The first-order valence-corrected chi connectivity index (χ1v) is 11.2. The summed E-state index contributed by atoms with van der Waals surface area (Å²) in [5, 5.41) is 21.0. The van der Waals surface area contributed by atoms with Crippen LogP contribution in [0.3, 0.4) is 0 Å². The Bertz CT molecular complexity index is 993. The molecule has 3 saturated carbocycles. The van der Waals surface area contributed by atoms with Crippen LogP contribution in [0.2, 0.25) is 0 Å². The molecule has 0 bridgehead atoms. The SMILES string of the molecule is CC(=O)O[C@]1(C(=O)CO)[C@H](C)C[C@H]2[C@@H]3C[C@H](F)C4=C(F)C(=O)C=C[C@]4(C)[C@@]3(F)[C@@H](O)C[C@@]21C. The molecule has 0 radical (unpaired) electrons. The van der Waals surface area contributed by atoms with Gasteiger partial charge in [0.1, 0.15) is 12.8 Å². The molecule has 0 aromatic carbocycles. The smallest absolute Gasteiger partial charge is 0.303 e. The van der Waals surface area contributed by atoms with Crippen molar-refractivity contribution in [3.05, 3.63) is 23.6 Å². The molecule has 0 amide bonds. The third-order valence-corrected chi connectivity index (χ3v) is 9.11. The molecule has 182 valence electrons. The molecular formula is C24H29F3O6. The molecule has 0 spiro atoms. The summed E-state index contributed by atoms with van der Waals surface area (Å²) in [5.41, 5.74) is -8.17. The van der Waals surface area contributed by atoms with E-state index in [0.29, 0.717) is 0 Å². The molecule has 0 aromatic rings. The van der Waals surface area contributed by atoms with E-state index in [1.54, 1.807) is 13.8 Å². The standard InChI is InChI=1S/C24H29F3O6/c1-11-7-13-14-8-15(25)19-20(26)16(30)5-6-21(19,3)23(14,27)17(31)9-22(13,4)24(11,18(32)10-28)33-12(2)29/h5-6,11,13-15,17,28,31H,7-10H2,1-4H3/t11-,13+,14+,15+,17+,21+,22+,23+,24+/m1/s1. The van der Waals surface area contributed by atoms with Crippen LogP contribution in [-0.2, 0) is 19.1 Å². The third kappa shape index (κ3) is 2.66. The Morgan fingerprint density at radius 2 is 1.88 bits per heavy atom. The number of ketones is 2. The minimum absolute atomic E-state index is 0.172. The number of carbonyl (C=O) groups is 3. The highest BCUT2D eigenvalue weighted by atomic mass is 19.2. The second kappa shape index (κ2) is 7.25. The summed E-state index contributed by atoms with van der Waals surface area (Å²) in [7, 11) is 0.